The molecule has 0 atom stereocenters. The van der Waals surface area contributed by atoms with Gasteiger partial charge in [-0.25, -0.2) is 13.2 Å². The van der Waals surface area contributed by atoms with E-state index >= 15 is 0 Å². The smallest absolute Gasteiger partial charge is 0.340 e. The standard InChI is InChI=1S/C18H19NO7S/c1-11(20)12-6-5-7-13(8-12)27(22,23)19-15-10-17(25-3)16(24-2)9-14(15)18(21)26-4/h5-10,19H,1-4H3. The lowest BCUT2D eigenvalue weighted by atomic mass is 10.1. The van der Waals surface area contributed by atoms with Crippen LogP contribution in [0, 0.1) is 0 Å². The van der Waals surface area contributed by atoms with Crippen molar-refractivity contribution < 1.29 is 32.2 Å². The van der Waals surface area contributed by atoms with Crippen LogP contribution in [0.5, 0.6) is 11.5 Å². The third-order valence-electron chi connectivity index (χ3n) is 3.72. The number of hydrogen-bond donors (Lipinski definition) is 1. The number of sulfonamides is 1. The molecule has 0 saturated carbocycles. The molecule has 0 fully saturated rings. The summed E-state index contributed by atoms with van der Waals surface area (Å²) >= 11 is 0. The molecule has 0 saturated heterocycles. The van der Waals surface area contributed by atoms with Crippen molar-refractivity contribution in [3.05, 3.63) is 47.5 Å². The van der Waals surface area contributed by atoms with Gasteiger partial charge in [0.15, 0.2) is 17.3 Å². The van der Waals surface area contributed by atoms with E-state index in [9.17, 15) is 18.0 Å². The number of carbonyl (C=O) groups excluding carboxylic acids is 2. The maximum absolute atomic E-state index is 12.7. The molecule has 0 heterocycles. The van der Waals surface area contributed by atoms with E-state index < -0.39 is 16.0 Å². The number of nitrogens with one attached hydrogen (secondary N) is 1. The van der Waals surface area contributed by atoms with Gasteiger partial charge in [-0.1, -0.05) is 12.1 Å². The number of esters is 1. The average molecular weight is 393 g/mol. The fourth-order valence-corrected chi connectivity index (χ4v) is 3.44. The highest BCUT2D eigenvalue weighted by atomic mass is 32.2. The predicted octanol–water partition coefficient (Wildman–Crippen LogP) is 2.49. The molecule has 27 heavy (non-hydrogen) atoms. The second-order valence-electron chi connectivity index (χ2n) is 5.43. The van der Waals surface area contributed by atoms with E-state index in [1.54, 1.807) is 0 Å². The molecule has 144 valence electrons. The molecular weight excluding hydrogens is 374 g/mol. The molecule has 2 rings (SSSR count). The van der Waals surface area contributed by atoms with Gasteiger partial charge in [-0.15, -0.1) is 0 Å². The lowest BCUT2D eigenvalue weighted by Gasteiger charge is -2.15. The number of benzene rings is 2. The fourth-order valence-electron chi connectivity index (χ4n) is 2.33. The number of ether oxygens (including phenoxy) is 3. The molecule has 0 aliphatic rings. The van der Waals surface area contributed by atoms with E-state index in [2.05, 4.69) is 4.72 Å². The summed E-state index contributed by atoms with van der Waals surface area (Å²) < 4.78 is 42.8. The van der Waals surface area contributed by atoms with Crippen molar-refractivity contribution in [1.29, 1.82) is 0 Å². The second kappa shape index (κ2) is 8.09. The van der Waals surface area contributed by atoms with Gasteiger partial charge in [-0.2, -0.15) is 0 Å². The van der Waals surface area contributed by atoms with Crippen molar-refractivity contribution in [3.8, 4) is 11.5 Å². The minimum absolute atomic E-state index is 0.0484. The van der Waals surface area contributed by atoms with Crippen molar-refractivity contribution in [2.75, 3.05) is 26.1 Å². The third-order valence-corrected chi connectivity index (χ3v) is 5.09. The Hall–Kier alpha value is -3.07. The van der Waals surface area contributed by atoms with Crippen LogP contribution in [0.4, 0.5) is 5.69 Å². The van der Waals surface area contributed by atoms with E-state index in [4.69, 9.17) is 14.2 Å². The molecule has 0 aromatic heterocycles. The molecule has 0 radical (unpaired) electrons. The van der Waals surface area contributed by atoms with Crippen LogP contribution in [0.2, 0.25) is 0 Å². The molecule has 2 aromatic carbocycles. The summed E-state index contributed by atoms with van der Waals surface area (Å²) in [7, 11) is -0.146. The maximum Gasteiger partial charge on any atom is 0.340 e. The summed E-state index contributed by atoms with van der Waals surface area (Å²) in [5, 5.41) is 0. The number of carbonyl (C=O) groups is 2. The zero-order valence-electron chi connectivity index (χ0n) is 15.2. The molecule has 0 bridgehead atoms. The second-order valence-corrected chi connectivity index (χ2v) is 7.12. The lowest BCUT2D eigenvalue weighted by molar-refractivity contribution is 0.0601. The van der Waals surface area contributed by atoms with Gasteiger partial charge in [0.25, 0.3) is 10.0 Å². The van der Waals surface area contributed by atoms with Gasteiger partial charge in [0, 0.05) is 17.7 Å². The van der Waals surface area contributed by atoms with Crippen LogP contribution in [0.1, 0.15) is 27.6 Å². The Morgan fingerprint density at radius 3 is 2.15 bits per heavy atom. The molecule has 2 aromatic rings. The number of methoxy groups -OCH3 is 3. The van der Waals surface area contributed by atoms with E-state index in [1.165, 1.54) is 64.7 Å². The highest BCUT2D eigenvalue weighted by molar-refractivity contribution is 7.92. The third kappa shape index (κ3) is 4.37. The summed E-state index contributed by atoms with van der Waals surface area (Å²) in [6.07, 6.45) is 0. The summed E-state index contributed by atoms with van der Waals surface area (Å²) in [6.45, 7) is 1.34. The molecule has 0 amide bonds. The normalized spacial score (nSPS) is 10.8. The molecular formula is C18H19NO7S. The van der Waals surface area contributed by atoms with Crippen LogP contribution in [0.15, 0.2) is 41.3 Å². The van der Waals surface area contributed by atoms with Gasteiger partial charge in [0.05, 0.1) is 37.5 Å². The van der Waals surface area contributed by atoms with Crippen molar-refractivity contribution in [2.24, 2.45) is 0 Å². The van der Waals surface area contributed by atoms with Crippen LogP contribution in [0.3, 0.4) is 0 Å². The number of ketones is 1. The number of rotatable bonds is 7. The minimum Gasteiger partial charge on any atom is -0.493 e. The highest BCUT2D eigenvalue weighted by Gasteiger charge is 2.23. The van der Waals surface area contributed by atoms with Gasteiger partial charge in [0.2, 0.25) is 0 Å². The van der Waals surface area contributed by atoms with Crippen molar-refractivity contribution in [1.82, 2.24) is 0 Å². The first-order chi connectivity index (χ1) is 12.7. The molecule has 0 spiro atoms. The Bertz CT molecular complexity index is 983. The zero-order chi connectivity index (χ0) is 20.2. The van der Waals surface area contributed by atoms with Crippen LogP contribution in [-0.4, -0.2) is 41.5 Å². The summed E-state index contributed by atoms with van der Waals surface area (Å²) in [5.74, 6) is -0.570. The summed E-state index contributed by atoms with van der Waals surface area (Å²) in [5.41, 5.74) is 0.146. The Morgan fingerprint density at radius 2 is 1.59 bits per heavy atom. The first-order valence-electron chi connectivity index (χ1n) is 7.71. The maximum atomic E-state index is 12.7. The molecule has 1 N–H and O–H groups in total. The predicted molar refractivity (Wildman–Crippen MR) is 98.1 cm³/mol. The Morgan fingerprint density at radius 1 is 0.963 bits per heavy atom. The van der Waals surface area contributed by atoms with Gasteiger partial charge in [-0.3, -0.25) is 9.52 Å². The van der Waals surface area contributed by atoms with Crippen molar-refractivity contribution in [3.63, 3.8) is 0 Å². The van der Waals surface area contributed by atoms with Crippen LogP contribution >= 0.6 is 0 Å². The van der Waals surface area contributed by atoms with Crippen LogP contribution < -0.4 is 14.2 Å². The Kier molecular flexibility index (Phi) is 6.06. The van der Waals surface area contributed by atoms with Gasteiger partial charge in [-0.05, 0) is 19.1 Å². The van der Waals surface area contributed by atoms with Crippen molar-refractivity contribution in [2.45, 2.75) is 11.8 Å². The van der Waals surface area contributed by atoms with E-state index in [1.807, 2.05) is 0 Å². The number of Topliss-reactive ketones (excluding diaryl/α,β-unsaturated/α-hetero) is 1. The topological polar surface area (TPSA) is 108 Å². The average Bonchev–Trinajstić information content (AvgIpc) is 2.66. The van der Waals surface area contributed by atoms with Crippen LogP contribution in [0.25, 0.3) is 0 Å². The zero-order valence-corrected chi connectivity index (χ0v) is 16.0. The highest BCUT2D eigenvalue weighted by Crippen LogP contribution is 2.34. The van der Waals surface area contributed by atoms with Gasteiger partial charge < -0.3 is 14.2 Å². The molecule has 0 aliphatic heterocycles. The van der Waals surface area contributed by atoms with Gasteiger partial charge >= 0.3 is 5.97 Å². The summed E-state index contributed by atoms with van der Waals surface area (Å²) in [6, 6.07) is 8.20. The van der Waals surface area contributed by atoms with E-state index in [-0.39, 0.29) is 39.0 Å². The fraction of sp³-hybridized carbons (Fsp3) is 0.222. The van der Waals surface area contributed by atoms with E-state index in [0.29, 0.717) is 0 Å². The lowest BCUT2D eigenvalue weighted by Crippen LogP contribution is -2.17. The minimum atomic E-state index is -4.08. The van der Waals surface area contributed by atoms with E-state index in [0.717, 1.165) is 0 Å². The largest absolute Gasteiger partial charge is 0.493 e. The monoisotopic (exact) mass is 393 g/mol. The first-order valence-corrected chi connectivity index (χ1v) is 9.20. The molecule has 0 unspecified atom stereocenters. The number of anilines is 1. The molecule has 0 aliphatic carbocycles. The van der Waals surface area contributed by atoms with Gasteiger partial charge in [0.1, 0.15) is 0 Å². The van der Waals surface area contributed by atoms with Crippen LogP contribution in [-0.2, 0) is 14.8 Å². The Balaban J connectivity index is 2.55. The molecule has 8 nitrogen and oxygen atoms in total. The first kappa shape index (κ1) is 20.2. The van der Waals surface area contributed by atoms with Crippen molar-refractivity contribution >= 4 is 27.5 Å². The quantitative estimate of drug-likeness (QED) is 0.569. The summed E-state index contributed by atoms with van der Waals surface area (Å²) in [4.78, 5) is 23.5. The molecule has 9 heteroatoms. The SMILES string of the molecule is COC(=O)c1cc(OC)c(OC)cc1NS(=O)(=O)c1cccc(C(C)=O)c1. The number of hydrogen-bond acceptors (Lipinski definition) is 7. The Labute approximate surface area is 157 Å².